The van der Waals surface area contributed by atoms with Crippen LogP contribution >= 0.6 is 0 Å². The molecule has 20 heavy (non-hydrogen) atoms. The Hall–Kier alpha value is -1.91. The van der Waals surface area contributed by atoms with Crippen molar-refractivity contribution in [1.82, 2.24) is 0 Å². The molecular formula is C16H14O3S. The third kappa shape index (κ3) is 2.17. The number of rotatable bonds is 1. The summed E-state index contributed by atoms with van der Waals surface area (Å²) < 4.78 is 23.3. The minimum atomic E-state index is -3.28. The van der Waals surface area contributed by atoms with E-state index in [0.29, 0.717) is 5.56 Å². The Balaban J connectivity index is 2.23. The van der Waals surface area contributed by atoms with Crippen molar-refractivity contribution in [1.29, 1.82) is 0 Å². The first-order chi connectivity index (χ1) is 9.47. The molecule has 3 rings (SSSR count). The highest BCUT2D eigenvalue weighted by molar-refractivity contribution is 7.90. The van der Waals surface area contributed by atoms with Crippen LogP contribution in [-0.2, 0) is 9.84 Å². The van der Waals surface area contributed by atoms with Crippen LogP contribution in [0.4, 0.5) is 0 Å². The van der Waals surface area contributed by atoms with Crippen LogP contribution in [0.25, 0.3) is 12.2 Å². The van der Waals surface area contributed by atoms with Gasteiger partial charge in [-0.3, -0.25) is 0 Å². The second-order valence-electron chi connectivity index (χ2n) is 4.93. The molecule has 0 radical (unpaired) electrons. The van der Waals surface area contributed by atoms with Gasteiger partial charge in [-0.25, -0.2) is 8.42 Å². The van der Waals surface area contributed by atoms with E-state index in [-0.39, 0.29) is 4.90 Å². The Bertz CT molecular complexity index is 804. The molecule has 1 N–H and O–H groups in total. The van der Waals surface area contributed by atoms with Crippen molar-refractivity contribution in [3.63, 3.8) is 0 Å². The molecule has 0 bridgehead atoms. The van der Waals surface area contributed by atoms with Crippen LogP contribution in [-0.4, -0.2) is 19.8 Å². The third-order valence-electron chi connectivity index (χ3n) is 3.51. The highest BCUT2D eigenvalue weighted by atomic mass is 32.2. The van der Waals surface area contributed by atoms with Gasteiger partial charge in [0.2, 0.25) is 0 Å². The Morgan fingerprint density at radius 1 is 0.950 bits per heavy atom. The molecule has 0 saturated carbocycles. The number of aliphatic hydroxyl groups excluding tert-OH is 1. The maximum absolute atomic E-state index is 11.7. The van der Waals surface area contributed by atoms with Gasteiger partial charge in [0.1, 0.15) is 6.10 Å². The minimum Gasteiger partial charge on any atom is -0.384 e. The zero-order valence-electron chi connectivity index (χ0n) is 10.9. The van der Waals surface area contributed by atoms with Crippen LogP contribution in [0.1, 0.15) is 28.4 Å². The van der Waals surface area contributed by atoms with Crippen molar-refractivity contribution in [2.45, 2.75) is 11.0 Å². The van der Waals surface area contributed by atoms with Gasteiger partial charge >= 0.3 is 0 Å². The normalized spacial score (nSPS) is 17.2. The van der Waals surface area contributed by atoms with Gasteiger partial charge in [-0.15, -0.1) is 0 Å². The quantitative estimate of drug-likeness (QED) is 0.877. The van der Waals surface area contributed by atoms with Crippen molar-refractivity contribution >= 4 is 22.0 Å². The predicted octanol–water partition coefficient (Wildman–Crippen LogP) is 2.66. The van der Waals surface area contributed by atoms with Gasteiger partial charge in [0.05, 0.1) is 4.90 Å². The molecule has 102 valence electrons. The molecule has 1 aliphatic carbocycles. The van der Waals surface area contributed by atoms with Crippen molar-refractivity contribution in [3.05, 3.63) is 64.7 Å². The van der Waals surface area contributed by atoms with Crippen molar-refractivity contribution in [3.8, 4) is 0 Å². The van der Waals surface area contributed by atoms with Crippen LogP contribution in [0.15, 0.2) is 47.4 Å². The van der Waals surface area contributed by atoms with E-state index >= 15 is 0 Å². The average Bonchev–Trinajstić information content (AvgIpc) is 2.56. The molecule has 3 nitrogen and oxygen atoms in total. The van der Waals surface area contributed by atoms with Crippen LogP contribution in [0.2, 0.25) is 0 Å². The topological polar surface area (TPSA) is 54.4 Å². The van der Waals surface area contributed by atoms with Crippen LogP contribution in [0.3, 0.4) is 0 Å². The van der Waals surface area contributed by atoms with E-state index in [1.165, 1.54) is 6.26 Å². The lowest BCUT2D eigenvalue weighted by Gasteiger charge is -2.15. The Morgan fingerprint density at radius 2 is 1.60 bits per heavy atom. The van der Waals surface area contributed by atoms with E-state index in [4.69, 9.17) is 0 Å². The second-order valence-corrected chi connectivity index (χ2v) is 6.94. The fourth-order valence-corrected chi connectivity index (χ4v) is 3.09. The highest BCUT2D eigenvalue weighted by Crippen LogP contribution is 2.33. The highest BCUT2D eigenvalue weighted by Gasteiger charge is 2.20. The standard InChI is InChI=1S/C16H14O3S/c1-20(18,19)13-9-8-12-7-6-11-4-2-3-5-14(11)16(17)15(12)10-13/h2-10,16-17H,1H3. The molecule has 0 saturated heterocycles. The SMILES string of the molecule is CS(=O)(=O)c1ccc2c(c1)C(O)c1ccccc1C=C2. The monoisotopic (exact) mass is 286 g/mol. The molecule has 2 aromatic rings. The first-order valence-corrected chi connectivity index (χ1v) is 8.15. The predicted molar refractivity (Wildman–Crippen MR) is 79.0 cm³/mol. The maximum atomic E-state index is 11.7. The second kappa shape index (κ2) is 4.58. The smallest absolute Gasteiger partial charge is 0.175 e. The average molecular weight is 286 g/mol. The first kappa shape index (κ1) is 13.1. The van der Waals surface area contributed by atoms with Gasteiger partial charge in [-0.05, 0) is 34.4 Å². The molecule has 4 heteroatoms. The van der Waals surface area contributed by atoms with Gasteiger partial charge < -0.3 is 5.11 Å². The molecule has 0 aromatic heterocycles. The van der Waals surface area contributed by atoms with E-state index in [1.54, 1.807) is 18.2 Å². The van der Waals surface area contributed by atoms with Crippen LogP contribution < -0.4 is 0 Å². The van der Waals surface area contributed by atoms with Crippen LogP contribution in [0.5, 0.6) is 0 Å². The summed E-state index contributed by atoms with van der Waals surface area (Å²) in [5.74, 6) is 0. The molecule has 1 aliphatic rings. The van der Waals surface area contributed by atoms with Crippen molar-refractivity contribution < 1.29 is 13.5 Å². The van der Waals surface area contributed by atoms with Gasteiger partial charge in [0.25, 0.3) is 0 Å². The summed E-state index contributed by atoms with van der Waals surface area (Å²) in [5.41, 5.74) is 3.18. The van der Waals surface area contributed by atoms with Gasteiger partial charge in [0.15, 0.2) is 9.84 Å². The zero-order chi connectivity index (χ0) is 14.3. The van der Waals surface area contributed by atoms with E-state index in [2.05, 4.69) is 0 Å². The Kier molecular flexibility index (Phi) is 3.00. The van der Waals surface area contributed by atoms with Crippen LogP contribution in [0, 0.1) is 0 Å². The lowest BCUT2D eigenvalue weighted by Crippen LogP contribution is -2.05. The molecule has 2 aromatic carbocycles. The summed E-state index contributed by atoms with van der Waals surface area (Å²) in [6.45, 7) is 0. The summed E-state index contributed by atoms with van der Waals surface area (Å²) in [7, 11) is -3.28. The maximum Gasteiger partial charge on any atom is 0.175 e. The van der Waals surface area contributed by atoms with E-state index in [0.717, 1.165) is 16.7 Å². The number of hydrogen-bond acceptors (Lipinski definition) is 3. The summed E-state index contributed by atoms with van der Waals surface area (Å²) >= 11 is 0. The summed E-state index contributed by atoms with van der Waals surface area (Å²) in [5, 5.41) is 10.5. The number of aliphatic hydroxyl groups is 1. The number of fused-ring (bicyclic) bond motifs is 2. The van der Waals surface area contributed by atoms with Crippen molar-refractivity contribution in [2.75, 3.05) is 6.26 Å². The first-order valence-electron chi connectivity index (χ1n) is 6.26. The van der Waals surface area contributed by atoms with E-state index in [1.807, 2.05) is 36.4 Å². The number of sulfone groups is 1. The van der Waals surface area contributed by atoms with Gasteiger partial charge in [0, 0.05) is 6.26 Å². The molecule has 0 spiro atoms. The lowest BCUT2D eigenvalue weighted by atomic mass is 9.97. The van der Waals surface area contributed by atoms with Gasteiger partial charge in [-0.1, -0.05) is 42.5 Å². The molecular weight excluding hydrogens is 272 g/mol. The number of hydrogen-bond donors (Lipinski definition) is 1. The fourth-order valence-electron chi connectivity index (χ4n) is 2.43. The van der Waals surface area contributed by atoms with Crippen molar-refractivity contribution in [2.24, 2.45) is 0 Å². The van der Waals surface area contributed by atoms with Gasteiger partial charge in [-0.2, -0.15) is 0 Å². The third-order valence-corrected chi connectivity index (χ3v) is 4.62. The Morgan fingerprint density at radius 3 is 2.30 bits per heavy atom. The molecule has 1 atom stereocenters. The fraction of sp³-hybridized carbons (Fsp3) is 0.125. The summed E-state index contributed by atoms with van der Waals surface area (Å²) in [4.78, 5) is 0.225. The molecule has 0 aliphatic heterocycles. The molecule has 1 unspecified atom stereocenters. The summed E-state index contributed by atoms with van der Waals surface area (Å²) in [6, 6.07) is 12.4. The largest absolute Gasteiger partial charge is 0.384 e. The Labute approximate surface area is 118 Å². The van der Waals surface area contributed by atoms with E-state index < -0.39 is 15.9 Å². The number of benzene rings is 2. The summed E-state index contributed by atoms with van der Waals surface area (Å²) in [6.07, 6.45) is 4.18. The molecule has 0 heterocycles. The zero-order valence-corrected chi connectivity index (χ0v) is 11.8. The minimum absolute atomic E-state index is 0.225. The van der Waals surface area contributed by atoms with E-state index in [9.17, 15) is 13.5 Å². The lowest BCUT2D eigenvalue weighted by molar-refractivity contribution is 0.220. The molecule has 0 fully saturated rings. The molecule has 0 amide bonds.